The van der Waals surface area contributed by atoms with E-state index in [2.05, 4.69) is 5.32 Å². The fourth-order valence-electron chi connectivity index (χ4n) is 3.37. The minimum Gasteiger partial charge on any atom is -0.378 e. The predicted octanol–water partition coefficient (Wildman–Crippen LogP) is 4.94. The second-order valence-corrected chi connectivity index (χ2v) is 7.69. The Kier molecular flexibility index (Phi) is 5.48. The molecule has 0 bridgehead atoms. The van der Waals surface area contributed by atoms with E-state index in [0.29, 0.717) is 16.3 Å². The Morgan fingerprint density at radius 1 is 0.903 bits per heavy atom. The topological polar surface area (TPSA) is 52.7 Å². The number of hydrogen-bond acceptors (Lipinski definition) is 4. The molecule has 0 saturated carbocycles. The third-order valence-corrected chi connectivity index (χ3v) is 5.19. The van der Waals surface area contributed by atoms with E-state index in [1.807, 2.05) is 43.3 Å². The Labute approximate surface area is 184 Å². The first-order valence-corrected chi connectivity index (χ1v) is 9.92. The molecule has 1 aliphatic heterocycles. The second-order valence-electron chi connectivity index (χ2n) is 7.25. The summed E-state index contributed by atoms with van der Waals surface area (Å²) < 4.78 is 13.8. The highest BCUT2D eigenvalue weighted by Gasteiger charge is 2.40. The first-order valence-electron chi connectivity index (χ1n) is 9.54. The lowest BCUT2D eigenvalue weighted by atomic mass is 10.0. The van der Waals surface area contributed by atoms with Crippen LogP contribution >= 0.6 is 11.6 Å². The molecule has 31 heavy (non-hydrogen) atoms. The summed E-state index contributed by atoms with van der Waals surface area (Å²) in [5, 5.41) is 3.60. The largest absolute Gasteiger partial charge is 0.378 e. The van der Waals surface area contributed by atoms with Crippen LogP contribution in [0.25, 0.3) is 5.57 Å². The van der Waals surface area contributed by atoms with Crippen molar-refractivity contribution in [1.29, 1.82) is 0 Å². The molecule has 1 heterocycles. The maximum atomic E-state index is 13.8. The van der Waals surface area contributed by atoms with Crippen LogP contribution in [0.4, 0.5) is 21.5 Å². The number of imide groups is 1. The van der Waals surface area contributed by atoms with Crippen LogP contribution in [-0.4, -0.2) is 25.9 Å². The average Bonchev–Trinajstić information content (AvgIpc) is 2.98. The summed E-state index contributed by atoms with van der Waals surface area (Å²) in [7, 11) is 3.86. The van der Waals surface area contributed by atoms with Gasteiger partial charge in [-0.25, -0.2) is 9.29 Å². The van der Waals surface area contributed by atoms with Crippen molar-refractivity contribution in [2.24, 2.45) is 0 Å². The van der Waals surface area contributed by atoms with Crippen LogP contribution in [0.1, 0.15) is 5.56 Å². The Balaban J connectivity index is 1.78. The van der Waals surface area contributed by atoms with Crippen molar-refractivity contribution >= 4 is 46.1 Å². The number of nitrogens with one attached hydrogen (secondary N) is 1. The van der Waals surface area contributed by atoms with E-state index in [1.54, 1.807) is 24.3 Å². The van der Waals surface area contributed by atoms with Crippen LogP contribution in [0.3, 0.4) is 0 Å². The SMILES string of the molecule is CN(C)c1ccc(NC2=C(c3ccc(Cl)cc3)C(=O)N(c3cccc(F)c3)C2=O)cc1. The summed E-state index contributed by atoms with van der Waals surface area (Å²) >= 11 is 5.99. The fourth-order valence-corrected chi connectivity index (χ4v) is 3.49. The lowest BCUT2D eigenvalue weighted by Gasteiger charge is -2.16. The Morgan fingerprint density at radius 2 is 1.58 bits per heavy atom. The number of carbonyl (C=O) groups is 2. The number of nitrogens with zero attached hydrogens (tertiary/aromatic N) is 2. The number of amides is 2. The van der Waals surface area contributed by atoms with E-state index < -0.39 is 17.6 Å². The van der Waals surface area contributed by atoms with Crippen LogP contribution in [0.5, 0.6) is 0 Å². The van der Waals surface area contributed by atoms with E-state index in [1.165, 1.54) is 18.2 Å². The van der Waals surface area contributed by atoms with Gasteiger partial charge in [0, 0.05) is 30.5 Å². The molecule has 7 heteroatoms. The Morgan fingerprint density at radius 3 is 2.19 bits per heavy atom. The number of benzene rings is 3. The molecule has 3 aromatic carbocycles. The molecule has 0 atom stereocenters. The first-order chi connectivity index (χ1) is 14.8. The number of carbonyl (C=O) groups excluding carboxylic acids is 2. The van der Waals surface area contributed by atoms with E-state index >= 15 is 0 Å². The van der Waals surface area contributed by atoms with Gasteiger partial charge >= 0.3 is 0 Å². The molecule has 0 spiro atoms. The molecule has 4 rings (SSSR count). The second kappa shape index (κ2) is 8.24. The summed E-state index contributed by atoms with van der Waals surface area (Å²) in [6.45, 7) is 0. The zero-order chi connectivity index (χ0) is 22.1. The van der Waals surface area contributed by atoms with E-state index in [0.717, 1.165) is 16.7 Å². The zero-order valence-corrected chi connectivity index (χ0v) is 17.7. The van der Waals surface area contributed by atoms with Gasteiger partial charge in [-0.15, -0.1) is 0 Å². The molecule has 0 saturated heterocycles. The summed E-state index contributed by atoms with van der Waals surface area (Å²) in [5.74, 6) is -1.63. The van der Waals surface area contributed by atoms with Gasteiger partial charge in [-0.2, -0.15) is 0 Å². The van der Waals surface area contributed by atoms with Gasteiger partial charge in [0.1, 0.15) is 11.5 Å². The summed E-state index contributed by atoms with van der Waals surface area (Å²) in [5.41, 5.74) is 2.66. The van der Waals surface area contributed by atoms with E-state index in [-0.39, 0.29) is 17.0 Å². The smallest absolute Gasteiger partial charge is 0.282 e. The predicted molar refractivity (Wildman–Crippen MR) is 122 cm³/mol. The van der Waals surface area contributed by atoms with Crippen molar-refractivity contribution in [3.05, 3.63) is 94.9 Å². The molecule has 0 fully saturated rings. The normalized spacial score (nSPS) is 13.7. The fraction of sp³-hybridized carbons (Fsp3) is 0.0833. The molecule has 1 N–H and O–H groups in total. The molecule has 3 aromatic rings. The Bertz CT molecular complexity index is 1190. The molecule has 0 unspecified atom stereocenters. The summed E-state index contributed by atoms with van der Waals surface area (Å²) in [4.78, 5) is 29.5. The van der Waals surface area contributed by atoms with Crippen LogP contribution in [0.15, 0.2) is 78.5 Å². The van der Waals surface area contributed by atoms with E-state index in [4.69, 9.17) is 11.6 Å². The Hall–Kier alpha value is -3.64. The van der Waals surface area contributed by atoms with Gasteiger partial charge in [-0.1, -0.05) is 29.8 Å². The van der Waals surface area contributed by atoms with Gasteiger partial charge in [-0.3, -0.25) is 9.59 Å². The molecule has 5 nitrogen and oxygen atoms in total. The number of hydrogen-bond donors (Lipinski definition) is 1. The standard InChI is InChI=1S/C24H19ClFN3O2/c1-28(2)19-12-10-18(11-13-19)27-22-21(15-6-8-16(25)9-7-15)23(30)29(24(22)31)20-5-3-4-17(26)14-20/h3-14,27H,1-2H3. The number of halogens is 2. The van der Waals surface area contributed by atoms with Crippen molar-refractivity contribution in [3.63, 3.8) is 0 Å². The van der Waals surface area contributed by atoms with Crippen LogP contribution in [0, 0.1) is 5.82 Å². The van der Waals surface area contributed by atoms with Crippen molar-refractivity contribution in [1.82, 2.24) is 0 Å². The highest BCUT2D eigenvalue weighted by Crippen LogP contribution is 2.34. The van der Waals surface area contributed by atoms with E-state index in [9.17, 15) is 14.0 Å². The number of anilines is 3. The van der Waals surface area contributed by atoms with Gasteiger partial charge in [0.25, 0.3) is 11.8 Å². The van der Waals surface area contributed by atoms with Crippen LogP contribution < -0.4 is 15.1 Å². The van der Waals surface area contributed by atoms with Crippen molar-refractivity contribution in [3.8, 4) is 0 Å². The highest BCUT2D eigenvalue weighted by molar-refractivity contribution is 6.46. The molecule has 0 aliphatic carbocycles. The van der Waals surface area contributed by atoms with Crippen molar-refractivity contribution < 1.29 is 14.0 Å². The first kappa shape index (κ1) is 20.6. The lowest BCUT2D eigenvalue weighted by molar-refractivity contribution is -0.120. The minimum absolute atomic E-state index is 0.120. The average molecular weight is 436 g/mol. The maximum absolute atomic E-state index is 13.8. The van der Waals surface area contributed by atoms with Crippen LogP contribution in [0.2, 0.25) is 5.02 Å². The summed E-state index contributed by atoms with van der Waals surface area (Å²) in [6.07, 6.45) is 0. The van der Waals surface area contributed by atoms with Gasteiger partial charge in [-0.05, 0) is 60.2 Å². The van der Waals surface area contributed by atoms with Gasteiger partial charge in [0.15, 0.2) is 0 Å². The van der Waals surface area contributed by atoms with Crippen LogP contribution in [-0.2, 0) is 9.59 Å². The maximum Gasteiger partial charge on any atom is 0.282 e. The quantitative estimate of drug-likeness (QED) is 0.577. The summed E-state index contributed by atoms with van der Waals surface area (Å²) in [6, 6.07) is 19.5. The minimum atomic E-state index is -0.558. The molecule has 156 valence electrons. The molecular weight excluding hydrogens is 417 g/mol. The van der Waals surface area contributed by atoms with Gasteiger partial charge in [0.05, 0.1) is 11.3 Å². The molecule has 0 aromatic heterocycles. The molecular formula is C24H19ClFN3O2. The van der Waals surface area contributed by atoms with Crippen molar-refractivity contribution in [2.45, 2.75) is 0 Å². The number of rotatable bonds is 5. The molecule has 0 radical (unpaired) electrons. The third-order valence-electron chi connectivity index (χ3n) is 4.94. The molecule has 1 aliphatic rings. The third kappa shape index (κ3) is 4.02. The van der Waals surface area contributed by atoms with Gasteiger partial charge < -0.3 is 10.2 Å². The zero-order valence-electron chi connectivity index (χ0n) is 16.9. The highest BCUT2D eigenvalue weighted by atomic mass is 35.5. The monoisotopic (exact) mass is 435 g/mol. The van der Waals surface area contributed by atoms with Gasteiger partial charge in [0.2, 0.25) is 0 Å². The molecule has 2 amide bonds. The van der Waals surface area contributed by atoms with Crippen molar-refractivity contribution in [2.75, 3.05) is 29.2 Å². The lowest BCUT2D eigenvalue weighted by Crippen LogP contribution is -2.32.